The van der Waals surface area contributed by atoms with Crippen molar-refractivity contribution < 1.29 is 22.3 Å². The maximum Gasteiger partial charge on any atom is 0.330 e. The maximum atomic E-state index is 14.4. The van der Waals surface area contributed by atoms with Gasteiger partial charge >= 0.3 is 5.97 Å². The van der Waals surface area contributed by atoms with Crippen molar-refractivity contribution in [1.29, 1.82) is 0 Å². The minimum absolute atomic E-state index is 0.0928. The molecule has 3 rings (SSSR count). The minimum atomic E-state index is -3.93. The molecule has 0 saturated heterocycles. The van der Waals surface area contributed by atoms with Crippen LogP contribution in [0.2, 0.25) is 0 Å². The fourth-order valence-electron chi connectivity index (χ4n) is 2.74. The molecule has 0 spiro atoms. The quantitative estimate of drug-likeness (QED) is 0.492. The Balaban J connectivity index is 2.18. The summed E-state index contributed by atoms with van der Waals surface area (Å²) in [5, 5.41) is 0.119. The average molecular weight is 387 g/mol. The van der Waals surface area contributed by atoms with Crippen molar-refractivity contribution in [3.63, 3.8) is 0 Å². The molecule has 0 atom stereocenters. The lowest BCUT2D eigenvalue weighted by atomic mass is 10.1. The Labute approximate surface area is 156 Å². The van der Waals surface area contributed by atoms with E-state index in [4.69, 9.17) is 4.74 Å². The van der Waals surface area contributed by atoms with Crippen molar-refractivity contribution in [3.8, 4) is 0 Å². The van der Waals surface area contributed by atoms with Gasteiger partial charge in [0.15, 0.2) is 0 Å². The number of aryl methyl sites for hydroxylation is 1. The van der Waals surface area contributed by atoms with Crippen LogP contribution < -0.4 is 0 Å². The topological polar surface area (TPSA) is 65.4 Å². The summed E-state index contributed by atoms with van der Waals surface area (Å²) < 4.78 is 46.4. The largest absolute Gasteiger partial charge is 0.463 e. The number of aromatic nitrogens is 1. The molecule has 5 nitrogen and oxygen atoms in total. The van der Waals surface area contributed by atoms with E-state index in [9.17, 15) is 17.6 Å². The number of fused-ring (bicyclic) bond motifs is 1. The molecule has 1 heterocycles. The summed E-state index contributed by atoms with van der Waals surface area (Å²) in [4.78, 5) is 11.7. The van der Waals surface area contributed by atoms with Gasteiger partial charge in [-0.1, -0.05) is 23.8 Å². The maximum absolute atomic E-state index is 14.4. The fraction of sp³-hybridized carbons (Fsp3) is 0.150. The Morgan fingerprint density at radius 3 is 2.56 bits per heavy atom. The van der Waals surface area contributed by atoms with Gasteiger partial charge in [-0.2, -0.15) is 0 Å². The van der Waals surface area contributed by atoms with Crippen LogP contribution in [0.15, 0.2) is 59.6 Å². The highest BCUT2D eigenvalue weighted by Gasteiger charge is 2.22. The Bertz CT molecular complexity index is 1130. The Morgan fingerprint density at radius 1 is 1.19 bits per heavy atom. The third-order valence-corrected chi connectivity index (χ3v) is 5.73. The van der Waals surface area contributed by atoms with Gasteiger partial charge in [0.2, 0.25) is 0 Å². The van der Waals surface area contributed by atoms with Crippen LogP contribution in [0.25, 0.3) is 17.0 Å². The molecule has 0 unspecified atom stereocenters. The Hall–Kier alpha value is -2.93. The first-order chi connectivity index (χ1) is 12.8. The second-order valence-electron chi connectivity index (χ2n) is 5.92. The van der Waals surface area contributed by atoms with Crippen molar-refractivity contribution >= 4 is 33.0 Å². The summed E-state index contributed by atoms with van der Waals surface area (Å²) in [5.74, 6) is -1.16. The van der Waals surface area contributed by atoms with Gasteiger partial charge in [-0.25, -0.2) is 21.6 Å². The number of hydrogen-bond donors (Lipinski definition) is 0. The lowest BCUT2D eigenvalue weighted by molar-refractivity contribution is -0.137. The molecular formula is C20H18FNO4S. The molecule has 0 bridgehead atoms. The number of esters is 1. The van der Waals surface area contributed by atoms with Gasteiger partial charge < -0.3 is 4.74 Å². The zero-order valence-corrected chi connectivity index (χ0v) is 15.7. The number of benzene rings is 2. The second kappa shape index (κ2) is 7.36. The van der Waals surface area contributed by atoms with Gasteiger partial charge in [-0.3, -0.25) is 0 Å². The van der Waals surface area contributed by atoms with E-state index in [1.807, 2.05) is 6.92 Å². The molecule has 2 aromatic carbocycles. The number of nitrogens with zero attached hydrogens (tertiary/aromatic N) is 1. The van der Waals surface area contributed by atoms with E-state index in [0.29, 0.717) is 0 Å². The van der Waals surface area contributed by atoms with Crippen molar-refractivity contribution in [2.45, 2.75) is 18.7 Å². The molecule has 3 aromatic rings. The van der Waals surface area contributed by atoms with Gasteiger partial charge in [0.25, 0.3) is 10.0 Å². The lowest BCUT2D eigenvalue weighted by Crippen LogP contribution is -2.11. The SMILES string of the molecule is CCOC(=O)/C=C/c1cn(S(=O)(=O)c2ccc(C)cc2)c2cccc(F)c12. The standard InChI is InChI=1S/C20H18FNO4S/c1-3-26-19(23)12-9-15-13-22(18-6-4-5-17(21)20(15)18)27(24,25)16-10-7-14(2)8-11-16/h4-13H,3H2,1-2H3/b12-9+. The van der Waals surface area contributed by atoms with Crippen LogP contribution in [0.1, 0.15) is 18.1 Å². The molecule has 0 amide bonds. The summed E-state index contributed by atoms with van der Waals surface area (Å²) in [5.41, 5.74) is 1.39. The highest BCUT2D eigenvalue weighted by molar-refractivity contribution is 7.90. The zero-order valence-electron chi connectivity index (χ0n) is 14.8. The molecule has 140 valence electrons. The minimum Gasteiger partial charge on any atom is -0.463 e. The third kappa shape index (κ3) is 3.64. The summed E-state index contributed by atoms with van der Waals surface area (Å²) in [6.45, 7) is 3.74. The summed E-state index contributed by atoms with van der Waals surface area (Å²) in [6, 6.07) is 10.6. The number of halogens is 1. The molecule has 0 aliphatic rings. The van der Waals surface area contributed by atoms with E-state index in [1.54, 1.807) is 19.1 Å². The molecule has 0 fully saturated rings. The van der Waals surface area contributed by atoms with Crippen molar-refractivity contribution in [3.05, 3.63) is 71.7 Å². The molecule has 0 saturated carbocycles. The van der Waals surface area contributed by atoms with Crippen LogP contribution in [-0.2, 0) is 19.6 Å². The molecule has 7 heteroatoms. The van der Waals surface area contributed by atoms with E-state index in [-0.39, 0.29) is 28.0 Å². The Kier molecular flexibility index (Phi) is 5.14. The zero-order chi connectivity index (χ0) is 19.6. The van der Waals surface area contributed by atoms with Crippen molar-refractivity contribution in [2.24, 2.45) is 0 Å². The highest BCUT2D eigenvalue weighted by Crippen LogP contribution is 2.29. The first-order valence-electron chi connectivity index (χ1n) is 8.31. The van der Waals surface area contributed by atoms with E-state index in [0.717, 1.165) is 15.6 Å². The molecule has 0 N–H and O–H groups in total. The van der Waals surface area contributed by atoms with E-state index >= 15 is 0 Å². The lowest BCUT2D eigenvalue weighted by Gasteiger charge is -2.07. The van der Waals surface area contributed by atoms with Gasteiger partial charge in [0, 0.05) is 23.2 Å². The molecule has 0 aliphatic heterocycles. The van der Waals surface area contributed by atoms with Gasteiger partial charge in [-0.15, -0.1) is 0 Å². The molecule has 27 heavy (non-hydrogen) atoms. The fourth-order valence-corrected chi connectivity index (χ4v) is 4.11. The number of rotatable bonds is 5. The van der Waals surface area contributed by atoms with E-state index in [2.05, 4.69) is 0 Å². The van der Waals surface area contributed by atoms with Gasteiger partial charge in [-0.05, 0) is 44.2 Å². The number of carbonyl (C=O) groups is 1. The summed E-state index contributed by atoms with van der Waals surface area (Å²) >= 11 is 0. The van der Waals surface area contributed by atoms with Crippen LogP contribution in [0.4, 0.5) is 4.39 Å². The summed E-state index contributed by atoms with van der Waals surface area (Å²) in [6.07, 6.45) is 3.80. The van der Waals surface area contributed by atoms with E-state index < -0.39 is 21.8 Å². The van der Waals surface area contributed by atoms with Crippen LogP contribution in [0.3, 0.4) is 0 Å². The van der Waals surface area contributed by atoms with Crippen LogP contribution in [0.5, 0.6) is 0 Å². The van der Waals surface area contributed by atoms with E-state index in [1.165, 1.54) is 42.6 Å². The third-order valence-electron chi connectivity index (χ3n) is 4.04. The molecular weight excluding hydrogens is 369 g/mol. The monoisotopic (exact) mass is 387 g/mol. The molecule has 0 aliphatic carbocycles. The predicted octanol–water partition coefficient (Wildman–Crippen LogP) is 3.90. The number of hydrogen-bond acceptors (Lipinski definition) is 4. The highest BCUT2D eigenvalue weighted by atomic mass is 32.2. The van der Waals surface area contributed by atoms with Crippen LogP contribution in [-0.4, -0.2) is 25.0 Å². The van der Waals surface area contributed by atoms with Gasteiger partial charge in [0.1, 0.15) is 5.82 Å². The smallest absolute Gasteiger partial charge is 0.330 e. The second-order valence-corrected chi connectivity index (χ2v) is 7.73. The summed E-state index contributed by atoms with van der Waals surface area (Å²) in [7, 11) is -3.93. The first-order valence-corrected chi connectivity index (χ1v) is 9.75. The average Bonchev–Trinajstić information content (AvgIpc) is 3.01. The van der Waals surface area contributed by atoms with Crippen molar-refractivity contribution in [1.82, 2.24) is 3.97 Å². The Morgan fingerprint density at radius 2 is 1.89 bits per heavy atom. The molecule has 0 radical (unpaired) electrons. The van der Waals surface area contributed by atoms with Crippen LogP contribution >= 0.6 is 0 Å². The number of ether oxygens (including phenoxy) is 1. The van der Waals surface area contributed by atoms with Gasteiger partial charge in [0.05, 0.1) is 17.0 Å². The van der Waals surface area contributed by atoms with Crippen LogP contribution in [0, 0.1) is 12.7 Å². The molecule has 1 aromatic heterocycles. The predicted molar refractivity (Wildman–Crippen MR) is 101 cm³/mol. The number of carbonyl (C=O) groups excluding carboxylic acids is 1. The normalized spacial score (nSPS) is 12.0. The first kappa shape index (κ1) is 18.8. The van der Waals surface area contributed by atoms with Crippen molar-refractivity contribution in [2.75, 3.05) is 6.61 Å².